The zero-order valence-electron chi connectivity index (χ0n) is 93.7. The van der Waals surface area contributed by atoms with Crippen LogP contribution in [0, 0.1) is 260 Å². The van der Waals surface area contributed by atoms with Gasteiger partial charge in [0.05, 0.1) is 84.1 Å². The first-order valence-electron chi connectivity index (χ1n) is 56.4. The van der Waals surface area contributed by atoms with Crippen molar-refractivity contribution in [2.75, 3.05) is 33.2 Å². The number of methoxy groups -OCH3 is 1. The molecule has 31 heteroatoms. The fourth-order valence-electron chi connectivity index (χ4n) is 32.7. The average molecular weight is 2090 g/mol. The maximum Gasteiger partial charge on any atom is 0.348 e. The van der Waals surface area contributed by atoms with Crippen molar-refractivity contribution in [1.29, 1.82) is 0 Å². The maximum atomic E-state index is 12.8. The van der Waals surface area contributed by atoms with Crippen molar-refractivity contribution in [3.63, 3.8) is 0 Å². The number of Topliss-reactive ketones (excluding diaryl/α,β-unsaturated/α-hetero) is 1. The number of fused-ring (bicyclic) bond motifs is 15. The van der Waals surface area contributed by atoms with Gasteiger partial charge in [-0.25, -0.2) is 18.0 Å². The van der Waals surface area contributed by atoms with Crippen LogP contribution in [0.1, 0.15) is 303 Å². The molecule has 0 radical (unpaired) electrons. The summed E-state index contributed by atoms with van der Waals surface area (Å²) in [4.78, 5) is 170. The fraction of sp³-hybridized carbons (Fsp3) is 0.879. The van der Waals surface area contributed by atoms with Crippen molar-refractivity contribution in [2.45, 2.75) is 350 Å². The summed E-state index contributed by atoms with van der Waals surface area (Å²) in [5.74, 6) is 6.55. The third-order valence-electron chi connectivity index (χ3n) is 42.0. The first-order valence-corrected chi connectivity index (χ1v) is 58.3. The number of carboxylic acid groups (broad SMARTS) is 2. The standard InChI is InChI=1S/C20H32O3.C19H28O6.C18H24O4.C16H24O4.C15H24O4.C14H22O4.C11H19NO3S.C3H8O/c1-11-6-7-17(18(21)8-11)20(4,5)23-19(22)16-10-14-9-15(16)13(3)12(14)2;1-9-10(2)12-8-11(9)14(15(12)18(22)25-19(3,4)5)17(21)24-13-6-7-23-16(13)20;1-7-8(2)11-3-9(7)4-13(11)17(19)21-15-10-5-12-14(6-10)18(20)22-16(12)15;1-8-9(2)11-5-10(8)6-12(11)14(17)20-13-15(18)19-7-16(13,3)4;1-7-8(2)10-6-9(7)11(13(16)17)12(10)14(18)19-15(3,4)5;1-6(2)18-14(17)12-10-5-9(7(3)8(10)4)11(12)13(15)16;1-6-7(2)9-4-8(6)5-10(9)11(13)12-16(3,14)15;1-3-4-2/h11-17H,6-10H2,1-5H3;9-15H,6-8H2,1-5H3;7-16H,3-6H2,1-2H3;8-13H,5-7H2,1-4H3;7-12H,6H2,1-5H3,(H,16,17);6-12H,5H2,1-4H3,(H,15,16);6-10H,4-5H2,1-3H3,(H,12,13);3H2,1-2H3. The van der Waals surface area contributed by atoms with Gasteiger partial charge in [-0.1, -0.05) is 118 Å². The largest absolute Gasteiger partial charge is 0.481 e. The molecule has 30 nitrogen and oxygen atoms in total. The average Bonchev–Trinajstić information content (AvgIpc) is 1.69. The van der Waals surface area contributed by atoms with Crippen LogP contribution in [0.25, 0.3) is 0 Å². The molecular formula is C116H181NO29S. The van der Waals surface area contributed by atoms with Gasteiger partial charge < -0.3 is 62.3 Å². The Morgan fingerprint density at radius 3 is 1.15 bits per heavy atom. The van der Waals surface area contributed by atoms with Crippen LogP contribution in [0.3, 0.4) is 0 Å². The van der Waals surface area contributed by atoms with Gasteiger partial charge in [-0.15, -0.1) is 0 Å². The van der Waals surface area contributed by atoms with E-state index in [9.17, 15) is 85.8 Å². The Kier molecular flexibility index (Phi) is 36.1. The third-order valence-corrected chi connectivity index (χ3v) is 42.5. The number of carbonyl (C=O) groups is 14. The highest BCUT2D eigenvalue weighted by Crippen LogP contribution is 2.65. The Hall–Kier alpha value is -7.31. The predicted octanol–water partition coefficient (Wildman–Crippen LogP) is 17.8. The number of hydrogen-bond acceptors (Lipinski definition) is 27. The van der Waals surface area contributed by atoms with E-state index in [1.165, 1.54) is 12.8 Å². The number of carbonyl (C=O) groups excluding carboxylic acids is 12. The normalized spacial score (nSPS) is 43.8. The van der Waals surface area contributed by atoms with Crippen LogP contribution in [-0.4, -0.2) is 182 Å². The van der Waals surface area contributed by atoms with Gasteiger partial charge in [0, 0.05) is 49.7 Å². The molecule has 20 aliphatic rings. The number of sulfonamides is 1. The molecule has 16 bridgehead atoms. The van der Waals surface area contributed by atoms with Crippen molar-refractivity contribution in [3.8, 4) is 0 Å². The molecular weight excluding hydrogens is 1900 g/mol. The lowest BCUT2D eigenvalue weighted by molar-refractivity contribution is -0.176. The summed E-state index contributed by atoms with van der Waals surface area (Å²) in [6, 6.07) is 0. The number of cyclic esters (lactones) is 2. The van der Waals surface area contributed by atoms with Gasteiger partial charge in [0.25, 0.3) is 0 Å². The molecule has 0 aromatic carbocycles. The second kappa shape index (κ2) is 45.4. The second-order valence-electron chi connectivity index (χ2n) is 53.5. The molecule has 47 unspecified atom stereocenters. The number of rotatable bonds is 18. The third kappa shape index (κ3) is 24.3. The van der Waals surface area contributed by atoms with Gasteiger partial charge in [0.15, 0.2) is 0 Å². The molecule has 0 spiro atoms. The predicted molar refractivity (Wildman–Crippen MR) is 543 cm³/mol. The van der Waals surface area contributed by atoms with Crippen molar-refractivity contribution in [1.82, 2.24) is 4.72 Å². The molecule has 147 heavy (non-hydrogen) atoms. The summed E-state index contributed by atoms with van der Waals surface area (Å²) in [6.45, 7) is 58.6. The molecule has 17 saturated carbocycles. The molecule has 0 aromatic rings. The van der Waals surface area contributed by atoms with Crippen LogP contribution in [0.4, 0.5) is 0 Å². The number of hydrogen-bond donors (Lipinski definition) is 3. The monoisotopic (exact) mass is 2080 g/mol. The molecule has 3 saturated heterocycles. The zero-order valence-corrected chi connectivity index (χ0v) is 94.5. The molecule has 3 aliphatic heterocycles. The lowest BCUT2D eigenvalue weighted by atomic mass is 9.69. The fourth-order valence-corrected chi connectivity index (χ4v) is 33.2. The van der Waals surface area contributed by atoms with Crippen molar-refractivity contribution >= 4 is 93.3 Å². The molecule has 20 fully saturated rings. The summed E-state index contributed by atoms with van der Waals surface area (Å²) in [6.07, 6.45) is 14.7. The Morgan fingerprint density at radius 1 is 0.415 bits per heavy atom. The Morgan fingerprint density at radius 2 is 0.789 bits per heavy atom. The molecule has 17 aliphatic carbocycles. The van der Waals surface area contributed by atoms with E-state index in [1.54, 1.807) is 21.0 Å². The Balaban J connectivity index is 0.000000143. The van der Waals surface area contributed by atoms with E-state index < -0.39 is 110 Å². The van der Waals surface area contributed by atoms with Gasteiger partial charge in [-0.05, 0) is 344 Å². The van der Waals surface area contributed by atoms with Crippen LogP contribution < -0.4 is 4.72 Å². The highest BCUT2D eigenvalue weighted by Gasteiger charge is 2.68. The first kappa shape index (κ1) is 117. The van der Waals surface area contributed by atoms with E-state index in [2.05, 4.69) is 113 Å². The summed E-state index contributed by atoms with van der Waals surface area (Å²) in [7, 11) is -1.73. The van der Waals surface area contributed by atoms with E-state index in [0.717, 1.165) is 108 Å². The second-order valence-corrected chi connectivity index (χ2v) is 55.2. The van der Waals surface area contributed by atoms with Crippen molar-refractivity contribution in [3.05, 3.63) is 0 Å². The SMILES string of the molecule is CC(C)OC(=O)C1C2CC(C(C)C2C)C1C(=O)O.CC1C(C)C2CC1C(C(=O)O)C2C(=O)OC(C)(C)C.CC1C(C)C2CC1C(C(=O)OC1CCOC1=O)C2C(=O)OC(C)(C)C.CC1C2CC(C(=O)NS(C)(=O)=O)C(C2)C1C.CC1C2CC(C(=O)OC3C(=O)OCC3(C)C)C(C2)C1C.CC1C2CC(C(=O)OC3C4CC5C(=O)OC3C5C4)C(C2)C1C.CC1CCC(C(C)(C)OC(=O)C2CC3CC2C(C)C3C)C(=O)C1.CCOC. The lowest BCUT2D eigenvalue weighted by Gasteiger charge is -2.39. The molecule has 1 amide bonds. The molecule has 20 rings (SSSR count). The van der Waals surface area contributed by atoms with Crippen LogP contribution >= 0.6 is 0 Å². The molecule has 3 heterocycles. The van der Waals surface area contributed by atoms with Crippen molar-refractivity contribution < 1.29 is 138 Å². The lowest BCUT2D eigenvalue weighted by Crippen LogP contribution is -2.45. The van der Waals surface area contributed by atoms with Crippen LogP contribution in [0.15, 0.2) is 0 Å². The first-order chi connectivity index (χ1) is 68.3. The quantitative estimate of drug-likeness (QED) is 0.0847. The number of carboxylic acids is 2. The van der Waals surface area contributed by atoms with E-state index in [1.807, 2.05) is 76.2 Å². The number of ether oxygens (including phenoxy) is 11. The van der Waals surface area contributed by atoms with E-state index in [4.69, 9.17) is 47.4 Å². The van der Waals surface area contributed by atoms with E-state index in [-0.39, 0.29) is 149 Å². The van der Waals surface area contributed by atoms with Gasteiger partial charge in [0.1, 0.15) is 41.4 Å². The minimum atomic E-state index is -3.41. The van der Waals surface area contributed by atoms with Gasteiger partial charge in [-0.2, -0.15) is 0 Å². The van der Waals surface area contributed by atoms with Crippen LogP contribution in [0.5, 0.6) is 0 Å². The van der Waals surface area contributed by atoms with Crippen molar-refractivity contribution in [2.24, 2.45) is 260 Å². The summed E-state index contributed by atoms with van der Waals surface area (Å²) < 4.78 is 83.2. The topological polar surface area (TPSA) is 427 Å². The number of esters is 10. The minimum Gasteiger partial charge on any atom is -0.481 e. The smallest absolute Gasteiger partial charge is 0.348 e. The number of nitrogens with one attached hydrogen (secondary N) is 1. The molecule has 830 valence electrons. The molecule has 3 N–H and O–H groups in total. The minimum absolute atomic E-state index is 0.0108. The summed E-state index contributed by atoms with van der Waals surface area (Å²) in [5, 5.41) is 18.8. The number of amides is 1. The summed E-state index contributed by atoms with van der Waals surface area (Å²) in [5.41, 5.74) is -2.23. The zero-order chi connectivity index (χ0) is 109. The molecule has 47 atom stereocenters. The van der Waals surface area contributed by atoms with Crippen LogP contribution in [0.2, 0.25) is 0 Å². The van der Waals surface area contributed by atoms with Gasteiger partial charge >= 0.3 is 71.6 Å². The highest BCUT2D eigenvalue weighted by atomic mass is 32.2. The van der Waals surface area contributed by atoms with E-state index in [0.29, 0.717) is 156 Å². The number of ketones is 1. The summed E-state index contributed by atoms with van der Waals surface area (Å²) >= 11 is 0. The maximum absolute atomic E-state index is 12.8. The molecule has 0 aromatic heterocycles. The Bertz CT molecular complexity index is 4920. The van der Waals surface area contributed by atoms with Crippen LogP contribution in [-0.2, 0) is 129 Å². The number of aliphatic carboxylic acids is 2. The Labute approximate surface area is 874 Å². The van der Waals surface area contributed by atoms with E-state index >= 15 is 0 Å². The highest BCUT2D eigenvalue weighted by molar-refractivity contribution is 7.89. The van der Waals surface area contributed by atoms with Gasteiger partial charge in [0.2, 0.25) is 28.1 Å². The van der Waals surface area contributed by atoms with Gasteiger partial charge in [-0.3, -0.25) is 62.3 Å².